The van der Waals surface area contributed by atoms with Crippen LogP contribution >= 0.6 is 22.6 Å². The summed E-state index contributed by atoms with van der Waals surface area (Å²) in [6.07, 6.45) is 2.47. The molecule has 0 saturated carbocycles. The van der Waals surface area contributed by atoms with Crippen molar-refractivity contribution >= 4 is 28.4 Å². The predicted octanol–water partition coefficient (Wildman–Crippen LogP) is 3.84. The van der Waals surface area contributed by atoms with Crippen molar-refractivity contribution in [3.05, 3.63) is 33.4 Å². The van der Waals surface area contributed by atoms with Gasteiger partial charge in [-0.2, -0.15) is 0 Å². The minimum atomic E-state index is 0.249. The minimum absolute atomic E-state index is 0.249. The van der Waals surface area contributed by atoms with Crippen molar-refractivity contribution in [2.24, 2.45) is 11.8 Å². The molecule has 1 heterocycles. The van der Waals surface area contributed by atoms with Crippen molar-refractivity contribution in [2.45, 2.75) is 26.7 Å². The SMILES string of the molecule is CC(C)C1CCN(CC(=O)c2ccc(I)cc2)CC1. The fraction of sp³-hybridized carbons (Fsp3) is 0.562. The molecule has 2 nitrogen and oxygen atoms in total. The number of carbonyl (C=O) groups excluding carboxylic acids is 1. The topological polar surface area (TPSA) is 20.3 Å². The summed E-state index contributed by atoms with van der Waals surface area (Å²) >= 11 is 2.26. The lowest BCUT2D eigenvalue weighted by atomic mass is 9.86. The lowest BCUT2D eigenvalue weighted by Crippen LogP contribution is -2.38. The molecule has 3 heteroatoms. The van der Waals surface area contributed by atoms with Crippen molar-refractivity contribution in [1.82, 2.24) is 4.90 Å². The summed E-state index contributed by atoms with van der Waals surface area (Å²) in [5.74, 6) is 1.86. The fourth-order valence-electron chi connectivity index (χ4n) is 2.71. The number of Topliss-reactive ketones (excluding diaryl/α,β-unsaturated/α-hetero) is 1. The molecule has 0 spiro atoms. The molecular weight excluding hydrogens is 349 g/mol. The van der Waals surface area contributed by atoms with E-state index in [1.807, 2.05) is 24.3 Å². The van der Waals surface area contributed by atoms with E-state index in [0.29, 0.717) is 6.54 Å². The highest BCUT2D eigenvalue weighted by Crippen LogP contribution is 2.24. The van der Waals surface area contributed by atoms with E-state index in [4.69, 9.17) is 0 Å². The number of hydrogen-bond donors (Lipinski definition) is 0. The van der Waals surface area contributed by atoms with E-state index in [1.165, 1.54) is 16.4 Å². The average Bonchev–Trinajstić information content (AvgIpc) is 2.40. The fourth-order valence-corrected chi connectivity index (χ4v) is 3.07. The number of benzene rings is 1. The maximum Gasteiger partial charge on any atom is 0.176 e. The van der Waals surface area contributed by atoms with Crippen molar-refractivity contribution < 1.29 is 4.79 Å². The van der Waals surface area contributed by atoms with Gasteiger partial charge >= 0.3 is 0 Å². The van der Waals surface area contributed by atoms with Crippen LogP contribution in [0, 0.1) is 15.4 Å². The van der Waals surface area contributed by atoms with E-state index in [9.17, 15) is 4.79 Å². The van der Waals surface area contributed by atoms with Gasteiger partial charge in [0.2, 0.25) is 0 Å². The van der Waals surface area contributed by atoms with E-state index < -0.39 is 0 Å². The van der Waals surface area contributed by atoms with Gasteiger partial charge in [0.05, 0.1) is 6.54 Å². The third-order valence-electron chi connectivity index (χ3n) is 4.11. The van der Waals surface area contributed by atoms with Crippen LogP contribution in [-0.4, -0.2) is 30.3 Å². The van der Waals surface area contributed by atoms with Gasteiger partial charge in [-0.3, -0.25) is 9.69 Å². The van der Waals surface area contributed by atoms with E-state index >= 15 is 0 Å². The number of ketones is 1. The van der Waals surface area contributed by atoms with Crippen LogP contribution in [0.3, 0.4) is 0 Å². The van der Waals surface area contributed by atoms with Crippen LogP contribution in [0.4, 0.5) is 0 Å². The molecule has 19 heavy (non-hydrogen) atoms. The Bertz CT molecular complexity index is 419. The lowest BCUT2D eigenvalue weighted by molar-refractivity contribution is 0.0880. The number of piperidine rings is 1. The number of nitrogens with zero attached hydrogens (tertiary/aromatic N) is 1. The zero-order valence-corrected chi connectivity index (χ0v) is 13.9. The summed E-state index contributed by atoms with van der Waals surface area (Å²) in [6.45, 7) is 7.32. The summed E-state index contributed by atoms with van der Waals surface area (Å²) < 4.78 is 1.17. The third-order valence-corrected chi connectivity index (χ3v) is 4.83. The Balaban J connectivity index is 1.85. The molecule has 2 rings (SSSR count). The average molecular weight is 371 g/mol. The maximum absolute atomic E-state index is 12.2. The Morgan fingerprint density at radius 2 is 1.84 bits per heavy atom. The van der Waals surface area contributed by atoms with Crippen molar-refractivity contribution in [3.63, 3.8) is 0 Å². The molecule has 0 atom stereocenters. The van der Waals surface area contributed by atoms with Gasteiger partial charge in [-0.15, -0.1) is 0 Å². The van der Waals surface area contributed by atoms with Gasteiger partial charge in [0.25, 0.3) is 0 Å². The maximum atomic E-state index is 12.2. The molecule has 0 radical (unpaired) electrons. The van der Waals surface area contributed by atoms with Gasteiger partial charge in [0.15, 0.2) is 5.78 Å². The highest BCUT2D eigenvalue weighted by atomic mass is 127. The predicted molar refractivity (Wildman–Crippen MR) is 87.5 cm³/mol. The van der Waals surface area contributed by atoms with Gasteiger partial charge in [0.1, 0.15) is 0 Å². The van der Waals surface area contributed by atoms with Gasteiger partial charge < -0.3 is 0 Å². The summed E-state index contributed by atoms with van der Waals surface area (Å²) in [7, 11) is 0. The molecule has 1 aliphatic heterocycles. The second kappa shape index (κ2) is 6.84. The lowest BCUT2D eigenvalue weighted by Gasteiger charge is -2.33. The van der Waals surface area contributed by atoms with Crippen LogP contribution in [-0.2, 0) is 0 Å². The minimum Gasteiger partial charge on any atom is -0.296 e. The summed E-state index contributed by atoms with van der Waals surface area (Å²) in [6, 6.07) is 7.87. The number of halogens is 1. The van der Waals surface area contributed by atoms with E-state index in [1.54, 1.807) is 0 Å². The normalized spacial score (nSPS) is 17.9. The molecule has 1 fully saturated rings. The quantitative estimate of drug-likeness (QED) is 0.592. The van der Waals surface area contributed by atoms with Crippen molar-refractivity contribution in [3.8, 4) is 0 Å². The summed E-state index contributed by atoms with van der Waals surface area (Å²) in [5, 5.41) is 0. The van der Waals surface area contributed by atoms with Crippen LogP contribution in [0.1, 0.15) is 37.0 Å². The Morgan fingerprint density at radius 1 is 1.26 bits per heavy atom. The van der Waals surface area contributed by atoms with Crippen LogP contribution in [0.2, 0.25) is 0 Å². The Kier molecular flexibility index (Phi) is 5.39. The molecule has 0 N–H and O–H groups in total. The molecule has 0 unspecified atom stereocenters. The second-order valence-electron chi connectivity index (χ2n) is 5.79. The largest absolute Gasteiger partial charge is 0.296 e. The van der Waals surface area contributed by atoms with Gasteiger partial charge in [-0.05, 0) is 72.5 Å². The van der Waals surface area contributed by atoms with E-state index in [2.05, 4.69) is 41.3 Å². The zero-order valence-electron chi connectivity index (χ0n) is 11.7. The number of hydrogen-bond acceptors (Lipinski definition) is 2. The molecular formula is C16H22INO. The first-order valence-corrected chi connectivity index (χ1v) is 8.15. The smallest absolute Gasteiger partial charge is 0.176 e. The van der Waals surface area contributed by atoms with E-state index in [0.717, 1.165) is 30.5 Å². The summed E-state index contributed by atoms with van der Waals surface area (Å²) in [5.41, 5.74) is 0.839. The monoisotopic (exact) mass is 371 g/mol. The number of likely N-dealkylation sites (tertiary alicyclic amines) is 1. The summed E-state index contributed by atoms with van der Waals surface area (Å²) in [4.78, 5) is 14.5. The van der Waals surface area contributed by atoms with Crippen LogP contribution < -0.4 is 0 Å². The Morgan fingerprint density at radius 3 is 2.37 bits per heavy atom. The molecule has 0 bridgehead atoms. The molecule has 0 aromatic heterocycles. The van der Waals surface area contributed by atoms with Gasteiger partial charge in [-0.25, -0.2) is 0 Å². The van der Waals surface area contributed by atoms with Gasteiger partial charge in [0, 0.05) is 9.13 Å². The molecule has 1 aromatic rings. The molecule has 1 saturated heterocycles. The molecule has 0 aliphatic carbocycles. The van der Waals surface area contributed by atoms with E-state index in [-0.39, 0.29) is 5.78 Å². The Labute approximate surface area is 129 Å². The van der Waals surface area contributed by atoms with Crippen LogP contribution in [0.15, 0.2) is 24.3 Å². The number of rotatable bonds is 4. The zero-order chi connectivity index (χ0) is 13.8. The van der Waals surface area contributed by atoms with Gasteiger partial charge in [-0.1, -0.05) is 26.0 Å². The molecule has 104 valence electrons. The van der Waals surface area contributed by atoms with Crippen molar-refractivity contribution in [2.75, 3.05) is 19.6 Å². The van der Waals surface area contributed by atoms with Crippen LogP contribution in [0.5, 0.6) is 0 Å². The van der Waals surface area contributed by atoms with Crippen molar-refractivity contribution in [1.29, 1.82) is 0 Å². The highest BCUT2D eigenvalue weighted by molar-refractivity contribution is 14.1. The highest BCUT2D eigenvalue weighted by Gasteiger charge is 2.22. The standard InChI is InChI=1S/C16H22INO/c1-12(2)13-7-9-18(10-8-13)11-16(19)14-3-5-15(17)6-4-14/h3-6,12-13H,7-11H2,1-2H3. The molecule has 1 aliphatic rings. The molecule has 0 amide bonds. The first-order valence-electron chi connectivity index (χ1n) is 7.07. The second-order valence-corrected chi connectivity index (χ2v) is 7.03. The first-order chi connectivity index (χ1) is 9.06. The third kappa shape index (κ3) is 4.28. The first kappa shape index (κ1) is 15.0. The number of carbonyl (C=O) groups is 1. The van der Waals surface area contributed by atoms with Crippen LogP contribution in [0.25, 0.3) is 0 Å². The molecule has 1 aromatic carbocycles. The Hall–Kier alpha value is -0.420.